The van der Waals surface area contributed by atoms with E-state index in [1.54, 1.807) is 48.5 Å². The number of hydrogen-bond donors (Lipinski definition) is 2. The van der Waals surface area contributed by atoms with Crippen LogP contribution in [0.25, 0.3) is 0 Å². The fourth-order valence-corrected chi connectivity index (χ4v) is 4.10. The summed E-state index contributed by atoms with van der Waals surface area (Å²) in [7, 11) is 1.51. The first kappa shape index (κ1) is 22.1. The lowest BCUT2D eigenvalue weighted by Gasteiger charge is -2.43. The van der Waals surface area contributed by atoms with Gasteiger partial charge in [0.05, 0.1) is 19.6 Å². The molecule has 2 heterocycles. The monoisotopic (exact) mass is 453 g/mol. The zero-order chi connectivity index (χ0) is 23.5. The molecule has 2 saturated heterocycles. The number of aliphatic carboxylic acids is 1. The van der Waals surface area contributed by atoms with E-state index in [0.717, 1.165) is 9.80 Å². The third-order valence-corrected chi connectivity index (χ3v) is 5.67. The Labute approximate surface area is 189 Å². The van der Waals surface area contributed by atoms with Crippen LogP contribution in [0.3, 0.4) is 0 Å². The maximum absolute atomic E-state index is 12.9. The average Bonchev–Trinajstić information content (AvgIpc) is 3.19. The molecule has 0 aromatic heterocycles. The lowest BCUT2D eigenvalue weighted by molar-refractivity contribution is -0.166. The number of benzene rings is 2. The Morgan fingerprint density at radius 3 is 2.52 bits per heavy atom. The summed E-state index contributed by atoms with van der Waals surface area (Å²) in [5, 5.41) is 12.3. The smallest absolute Gasteiger partial charge is 0.347 e. The van der Waals surface area contributed by atoms with E-state index in [9.17, 15) is 24.3 Å². The summed E-state index contributed by atoms with van der Waals surface area (Å²) >= 11 is 0. The van der Waals surface area contributed by atoms with Crippen LogP contribution in [0.1, 0.15) is 5.56 Å². The van der Waals surface area contributed by atoms with E-state index in [1.165, 1.54) is 7.11 Å². The van der Waals surface area contributed by atoms with Crippen LogP contribution in [0.2, 0.25) is 0 Å². The lowest BCUT2D eigenvalue weighted by atomic mass is 9.96. The first-order valence-corrected chi connectivity index (χ1v) is 10.3. The molecular weight excluding hydrogens is 430 g/mol. The van der Waals surface area contributed by atoms with Gasteiger partial charge in [0.2, 0.25) is 18.0 Å². The number of para-hydroxylation sites is 1. The maximum Gasteiger partial charge on any atom is 0.347 e. The van der Waals surface area contributed by atoms with Crippen LogP contribution in [0.5, 0.6) is 11.5 Å². The summed E-state index contributed by atoms with van der Waals surface area (Å²) in [6.45, 7) is -0.280. The Balaban J connectivity index is 1.40. The predicted octanol–water partition coefficient (Wildman–Crippen LogP) is 0.265. The summed E-state index contributed by atoms with van der Waals surface area (Å²) in [6, 6.07) is 14.1. The minimum Gasteiger partial charge on any atom is -0.497 e. The highest BCUT2D eigenvalue weighted by Crippen LogP contribution is 2.33. The molecule has 2 aromatic carbocycles. The molecule has 2 fully saturated rings. The zero-order valence-corrected chi connectivity index (χ0v) is 17.8. The van der Waals surface area contributed by atoms with Gasteiger partial charge >= 0.3 is 5.97 Å². The van der Waals surface area contributed by atoms with Gasteiger partial charge in [-0.05, 0) is 29.8 Å². The van der Waals surface area contributed by atoms with Gasteiger partial charge < -0.3 is 29.7 Å². The van der Waals surface area contributed by atoms with E-state index in [4.69, 9.17) is 9.47 Å². The lowest BCUT2D eigenvalue weighted by Crippen LogP contribution is -2.71. The first-order valence-electron chi connectivity index (χ1n) is 10.3. The van der Waals surface area contributed by atoms with Crippen molar-refractivity contribution in [3.8, 4) is 11.5 Å². The highest BCUT2D eigenvalue weighted by molar-refractivity contribution is 5.99. The Kier molecular flexibility index (Phi) is 6.16. The number of carbonyl (C=O) groups excluding carboxylic acids is 3. The summed E-state index contributed by atoms with van der Waals surface area (Å²) in [5.41, 5.74) is 0.659. The molecule has 2 aliphatic rings. The van der Waals surface area contributed by atoms with Crippen molar-refractivity contribution in [1.29, 1.82) is 0 Å². The molecule has 0 saturated carbocycles. The van der Waals surface area contributed by atoms with Crippen molar-refractivity contribution in [2.45, 2.75) is 24.7 Å². The van der Waals surface area contributed by atoms with Crippen LogP contribution >= 0.6 is 0 Å². The fraction of sp³-hybridized carbons (Fsp3) is 0.304. The van der Waals surface area contributed by atoms with E-state index >= 15 is 0 Å². The summed E-state index contributed by atoms with van der Waals surface area (Å²) in [6.07, 6.45) is -1.45. The highest BCUT2D eigenvalue weighted by atomic mass is 16.5. The third-order valence-electron chi connectivity index (χ3n) is 5.67. The number of carboxylic acids is 1. The number of fused-ring (bicyclic) bond motifs is 1. The van der Waals surface area contributed by atoms with Gasteiger partial charge in [0.25, 0.3) is 5.91 Å². The second-order valence-corrected chi connectivity index (χ2v) is 7.75. The summed E-state index contributed by atoms with van der Waals surface area (Å²) in [4.78, 5) is 52.0. The largest absolute Gasteiger partial charge is 0.497 e. The number of amides is 3. The van der Waals surface area contributed by atoms with Crippen molar-refractivity contribution < 1.29 is 33.8 Å². The second kappa shape index (κ2) is 9.19. The van der Waals surface area contributed by atoms with E-state index in [0.29, 0.717) is 17.1 Å². The van der Waals surface area contributed by atoms with Gasteiger partial charge in [-0.1, -0.05) is 30.3 Å². The first-order chi connectivity index (χ1) is 15.9. The van der Waals surface area contributed by atoms with Gasteiger partial charge in [0.1, 0.15) is 17.5 Å². The van der Waals surface area contributed by atoms with Crippen molar-refractivity contribution in [2.24, 2.45) is 0 Å². The molecule has 0 radical (unpaired) electrons. The molecule has 10 nitrogen and oxygen atoms in total. The quantitative estimate of drug-likeness (QED) is 0.550. The van der Waals surface area contributed by atoms with Gasteiger partial charge in [-0.2, -0.15) is 0 Å². The molecule has 3 atom stereocenters. The van der Waals surface area contributed by atoms with Crippen LogP contribution in [0, 0.1) is 0 Å². The topological polar surface area (TPSA) is 125 Å². The van der Waals surface area contributed by atoms with Gasteiger partial charge in [0.15, 0.2) is 6.61 Å². The average molecular weight is 453 g/mol. The molecule has 0 bridgehead atoms. The molecule has 4 rings (SSSR count). The fourth-order valence-electron chi connectivity index (χ4n) is 4.10. The van der Waals surface area contributed by atoms with Crippen LogP contribution < -0.4 is 14.8 Å². The standard InChI is InChI=1S/C23H23N3O7/c1-32-16-9-5-6-14(10-16)11-19(28)25-12-17-20(22(29)26(17)21(25)23(30)31)24-18(27)13-33-15-7-3-2-4-8-15/h2-10,17,20-21H,11-13H2,1H3,(H,24,27)(H,30,31)/t17?,20-,21?/m0/s1. The van der Waals surface area contributed by atoms with Crippen LogP contribution in [-0.4, -0.2) is 77.1 Å². The van der Waals surface area contributed by atoms with Crippen LogP contribution in [0.15, 0.2) is 54.6 Å². The molecule has 172 valence electrons. The molecule has 2 N–H and O–H groups in total. The van der Waals surface area contributed by atoms with E-state index < -0.39 is 41.9 Å². The Bertz CT molecular complexity index is 1070. The minimum atomic E-state index is -1.41. The minimum absolute atomic E-state index is 0.00992. The van der Waals surface area contributed by atoms with Crippen molar-refractivity contribution in [2.75, 3.05) is 20.3 Å². The number of β-lactam (4-membered cyclic amide) rings is 1. The zero-order valence-electron chi connectivity index (χ0n) is 17.8. The highest BCUT2D eigenvalue weighted by Gasteiger charge is 2.60. The van der Waals surface area contributed by atoms with Crippen LogP contribution in [-0.2, 0) is 25.6 Å². The second-order valence-electron chi connectivity index (χ2n) is 7.75. The molecule has 10 heteroatoms. The summed E-state index contributed by atoms with van der Waals surface area (Å²) < 4.78 is 10.5. The molecule has 0 aliphatic carbocycles. The van der Waals surface area contributed by atoms with Gasteiger partial charge in [-0.3, -0.25) is 14.4 Å². The number of carboxylic acid groups (broad SMARTS) is 1. The third kappa shape index (κ3) is 4.45. The number of hydrogen-bond acceptors (Lipinski definition) is 6. The van der Waals surface area contributed by atoms with E-state index in [2.05, 4.69) is 5.32 Å². The molecule has 0 spiro atoms. The number of nitrogens with zero attached hydrogens (tertiary/aromatic N) is 2. The van der Waals surface area contributed by atoms with Crippen LogP contribution in [0.4, 0.5) is 0 Å². The maximum atomic E-state index is 12.9. The normalized spacial score (nSPS) is 21.1. The Morgan fingerprint density at radius 2 is 1.82 bits per heavy atom. The number of methoxy groups -OCH3 is 1. The Morgan fingerprint density at radius 1 is 1.09 bits per heavy atom. The number of rotatable bonds is 8. The molecule has 3 amide bonds. The van der Waals surface area contributed by atoms with Gasteiger partial charge in [0, 0.05) is 6.54 Å². The molecule has 33 heavy (non-hydrogen) atoms. The van der Waals surface area contributed by atoms with E-state index in [1.807, 2.05) is 6.07 Å². The van der Waals surface area contributed by atoms with Crippen molar-refractivity contribution in [1.82, 2.24) is 15.1 Å². The van der Waals surface area contributed by atoms with Crippen molar-refractivity contribution in [3.05, 3.63) is 60.2 Å². The molecular formula is C23H23N3O7. The number of ether oxygens (including phenoxy) is 2. The van der Waals surface area contributed by atoms with Crippen molar-refractivity contribution >= 4 is 23.7 Å². The predicted molar refractivity (Wildman–Crippen MR) is 114 cm³/mol. The van der Waals surface area contributed by atoms with Gasteiger partial charge in [-0.25, -0.2) is 4.79 Å². The van der Waals surface area contributed by atoms with Gasteiger partial charge in [-0.15, -0.1) is 0 Å². The summed E-state index contributed by atoms with van der Waals surface area (Å²) in [5.74, 6) is -1.70. The molecule has 2 aliphatic heterocycles. The Hall–Kier alpha value is -4.08. The molecule has 2 aromatic rings. The number of carbonyl (C=O) groups is 4. The SMILES string of the molecule is COc1cccc(CC(=O)N2CC3[C@H](NC(=O)COc4ccccc4)C(=O)N3C2C(=O)O)c1. The van der Waals surface area contributed by atoms with E-state index in [-0.39, 0.29) is 19.6 Å². The number of nitrogens with one attached hydrogen (secondary N) is 1. The molecule has 2 unspecified atom stereocenters. The van der Waals surface area contributed by atoms with Crippen molar-refractivity contribution in [3.63, 3.8) is 0 Å².